The lowest BCUT2D eigenvalue weighted by atomic mass is 10.0. The van der Waals surface area contributed by atoms with Crippen LogP contribution in [-0.2, 0) is 19.9 Å². The molecule has 6 aromatic rings. The maximum absolute atomic E-state index is 12.9. The summed E-state index contributed by atoms with van der Waals surface area (Å²) in [6, 6.07) is 25.5. The number of nitrogens with two attached hydrogens (primary N) is 1. The van der Waals surface area contributed by atoms with Gasteiger partial charge in [-0.3, -0.25) is 25.5 Å². The first-order valence-corrected chi connectivity index (χ1v) is 24.7. The molecule has 66 heavy (non-hydrogen) atoms. The van der Waals surface area contributed by atoms with Crippen molar-refractivity contribution in [3.8, 4) is 55.5 Å². The van der Waals surface area contributed by atoms with E-state index in [0.29, 0.717) is 32.8 Å². The number of anilines is 2. The van der Waals surface area contributed by atoms with Gasteiger partial charge in [0.25, 0.3) is 10.2 Å². The van der Waals surface area contributed by atoms with Gasteiger partial charge in [-0.05, 0) is 87.4 Å². The Labute approximate surface area is 389 Å². The summed E-state index contributed by atoms with van der Waals surface area (Å²) in [4.78, 5) is 48.1. The molecule has 336 valence electrons. The number of nitrogens with one attached hydrogen (secondary N) is 3. The second-order valence-electron chi connectivity index (χ2n) is 15.0. The summed E-state index contributed by atoms with van der Waals surface area (Å²) in [5.74, 6) is 0. The van der Waals surface area contributed by atoms with E-state index in [1.54, 1.807) is 36.4 Å². The van der Waals surface area contributed by atoms with Crippen LogP contribution in [0.2, 0.25) is 0 Å². The molecule has 0 radical (unpaired) electrons. The number of piperazine rings is 1. The third kappa shape index (κ3) is 11.4. The zero-order valence-electron chi connectivity index (χ0n) is 35.8. The molecule has 4 aromatic heterocycles. The maximum Gasteiger partial charge on any atom is 0.331 e. The summed E-state index contributed by atoms with van der Waals surface area (Å²) in [5.41, 5.74) is 9.11. The van der Waals surface area contributed by atoms with Crippen molar-refractivity contribution in [2.24, 2.45) is 5.14 Å². The number of pyridine rings is 2. The van der Waals surface area contributed by atoms with Crippen LogP contribution in [0.15, 0.2) is 96.0 Å². The Kier molecular flexibility index (Phi) is 13.8. The molecule has 0 spiro atoms. The molecular formula is C44H41N13O5S4. The van der Waals surface area contributed by atoms with Crippen molar-refractivity contribution in [1.29, 1.82) is 15.3 Å². The van der Waals surface area contributed by atoms with E-state index in [0.717, 1.165) is 59.1 Å². The lowest BCUT2D eigenvalue weighted by molar-refractivity contribution is 0.184. The number of hydrogen-bond acceptors (Lipinski definition) is 14. The van der Waals surface area contributed by atoms with Crippen molar-refractivity contribution in [2.75, 3.05) is 36.8 Å². The molecule has 1 fully saturated rings. The summed E-state index contributed by atoms with van der Waals surface area (Å²) in [6.07, 6.45) is 2.60. The monoisotopic (exact) mass is 959 g/mol. The highest BCUT2D eigenvalue weighted by atomic mass is 32.2. The highest BCUT2D eigenvalue weighted by Crippen LogP contribution is 2.41. The first kappa shape index (κ1) is 46.8. The molecule has 0 bridgehead atoms. The zero-order valence-corrected chi connectivity index (χ0v) is 39.1. The van der Waals surface area contributed by atoms with Gasteiger partial charge in [-0.1, -0.05) is 46.9 Å². The molecule has 6 heterocycles. The van der Waals surface area contributed by atoms with E-state index in [-0.39, 0.29) is 32.2 Å². The zero-order chi connectivity index (χ0) is 47.3. The fourth-order valence-corrected chi connectivity index (χ4v) is 10.3. The minimum absolute atomic E-state index is 0.136. The number of urea groups is 2. The summed E-state index contributed by atoms with van der Waals surface area (Å²) in [7, 11) is -6.71. The molecule has 0 aliphatic carbocycles. The predicted molar refractivity (Wildman–Crippen MR) is 255 cm³/mol. The first-order chi connectivity index (χ1) is 31.4. The van der Waals surface area contributed by atoms with Crippen LogP contribution in [0.25, 0.3) is 43.4 Å². The number of benzene rings is 2. The number of nitrogens with zero attached hydrogens (tertiary/aromatic N) is 9. The fourth-order valence-electron chi connectivity index (χ4n) is 6.95. The molecule has 0 atom stereocenters. The van der Waals surface area contributed by atoms with Crippen LogP contribution in [0.4, 0.5) is 19.9 Å². The molecule has 22 heteroatoms. The molecule has 4 amide bonds. The van der Waals surface area contributed by atoms with E-state index in [1.807, 2.05) is 64.1 Å². The molecule has 1 saturated heterocycles. The third-order valence-electron chi connectivity index (χ3n) is 9.87. The Balaban J connectivity index is 0.000000197. The van der Waals surface area contributed by atoms with Crippen LogP contribution in [0.1, 0.15) is 33.9 Å². The topological polar surface area (TPSA) is 268 Å². The van der Waals surface area contributed by atoms with Gasteiger partial charge in [0.15, 0.2) is 10.3 Å². The van der Waals surface area contributed by atoms with Crippen molar-refractivity contribution < 1.29 is 22.2 Å². The van der Waals surface area contributed by atoms with E-state index >= 15 is 0 Å². The minimum Gasteiger partial charge on any atom is -0.322 e. The van der Waals surface area contributed by atoms with Gasteiger partial charge in [-0.2, -0.15) is 23.2 Å². The number of carbonyl (C=O) groups excluding carboxylic acids is 2. The van der Waals surface area contributed by atoms with Crippen LogP contribution in [0.5, 0.6) is 0 Å². The van der Waals surface area contributed by atoms with Gasteiger partial charge in [0, 0.05) is 83.3 Å². The number of aromatic nitrogens is 4. The van der Waals surface area contributed by atoms with Gasteiger partial charge >= 0.3 is 12.1 Å². The van der Waals surface area contributed by atoms with Gasteiger partial charge in [-0.15, -0.1) is 0 Å². The van der Waals surface area contributed by atoms with Crippen LogP contribution >= 0.6 is 22.7 Å². The van der Waals surface area contributed by atoms with E-state index in [4.69, 9.17) is 9.92 Å². The van der Waals surface area contributed by atoms with Gasteiger partial charge in [0.1, 0.15) is 0 Å². The average Bonchev–Trinajstić information content (AvgIpc) is 3.90. The van der Waals surface area contributed by atoms with Crippen LogP contribution < -0.4 is 15.8 Å². The van der Waals surface area contributed by atoms with Crippen LogP contribution in [0.3, 0.4) is 0 Å². The van der Waals surface area contributed by atoms with Gasteiger partial charge < -0.3 is 4.90 Å². The molecule has 18 nitrogen and oxygen atoms in total. The molecule has 2 aliphatic heterocycles. The molecule has 0 saturated carbocycles. The highest BCUT2D eigenvalue weighted by Gasteiger charge is 2.28. The Morgan fingerprint density at radius 3 is 1.52 bits per heavy atom. The first-order valence-electron chi connectivity index (χ1n) is 19.9. The molecular weight excluding hydrogens is 919 g/mol. The summed E-state index contributed by atoms with van der Waals surface area (Å²) in [5, 5.41) is 32.5. The van der Waals surface area contributed by atoms with Crippen molar-refractivity contribution in [1.82, 2.24) is 34.0 Å². The Hall–Kier alpha value is -7.18. The number of hydrogen-bond donors (Lipinski definition) is 4. The van der Waals surface area contributed by atoms with E-state index in [1.165, 1.54) is 55.7 Å². The quantitative estimate of drug-likeness (QED) is 0.119. The Morgan fingerprint density at radius 1 is 0.682 bits per heavy atom. The second kappa shape index (κ2) is 19.5. The van der Waals surface area contributed by atoms with Gasteiger partial charge in [-0.25, -0.2) is 33.7 Å². The van der Waals surface area contributed by atoms with Gasteiger partial charge in [0.2, 0.25) is 0 Å². The van der Waals surface area contributed by atoms with Crippen LogP contribution in [-0.4, -0.2) is 84.9 Å². The average molecular weight is 960 g/mol. The third-order valence-corrected chi connectivity index (χ3v) is 14.0. The van der Waals surface area contributed by atoms with Crippen molar-refractivity contribution in [3.63, 3.8) is 0 Å². The lowest BCUT2D eigenvalue weighted by Gasteiger charge is -2.32. The largest absolute Gasteiger partial charge is 0.331 e. The van der Waals surface area contributed by atoms with E-state index < -0.39 is 26.0 Å². The fraction of sp³-hybridized carbons (Fsp3) is 0.182. The standard InChI is InChI=1S/C22H23N7O3S2.C22H18N6O2S2/c1-14-10-18(11-15(2)25-14)20-19(17-5-3-4-16(12-17)13-23)26-21(33-20)27-22(30)28-6-8-29(9-7-28)34(24,31)32;1-14-10-18(11-15(2)25-14)20-19(17-5-3-4-16(12-17)13-23)26-21(31-20)27-22(29)28-6-8-32(24,30)9-7-28/h3-5,10-12H,6-9H2,1-2H3,(H2,24,31,32)(H,26,27,30);3-12,24H,1-2H3,(H,26,27,29). The number of carbonyl (C=O) groups is 2. The second-order valence-corrected chi connectivity index (χ2v) is 20.4. The number of amides is 4. The summed E-state index contributed by atoms with van der Waals surface area (Å²) in [6.45, 7) is 8.37. The number of nitriles is 2. The van der Waals surface area contributed by atoms with E-state index in [2.05, 4.69) is 42.7 Å². The van der Waals surface area contributed by atoms with Crippen LogP contribution in [0, 0.1) is 55.1 Å². The number of rotatable bonds is 7. The molecule has 2 aromatic carbocycles. The Morgan fingerprint density at radius 2 is 1.11 bits per heavy atom. The highest BCUT2D eigenvalue weighted by molar-refractivity contribution is 7.98. The minimum atomic E-state index is -3.77. The molecule has 0 unspecified atom stereocenters. The molecule has 2 aliphatic rings. The molecule has 8 rings (SSSR count). The maximum atomic E-state index is 12.9. The lowest BCUT2D eigenvalue weighted by Crippen LogP contribution is -2.53. The predicted octanol–water partition coefficient (Wildman–Crippen LogP) is 7.91. The number of thiazole rings is 2. The summed E-state index contributed by atoms with van der Waals surface area (Å²) < 4.78 is 43.4. The smallest absolute Gasteiger partial charge is 0.322 e. The van der Waals surface area contributed by atoms with E-state index in [9.17, 15) is 32.7 Å². The number of aryl methyl sites for hydroxylation is 4. The molecule has 5 N–H and O–H groups in total. The Bertz CT molecular complexity index is 3190. The SMILES string of the molecule is Cc1cc(-c2sc(NC(=O)N3C=CS(=N)(=O)C=C3)nc2-c2cccc(C#N)c2)cc(C)n1.Cc1cc(-c2sc(NC(=O)N3CCN(S(N)(=O)=O)CC3)nc2-c2cccc(C#N)c2)cc(C)n1. The van der Waals surface area contributed by atoms with Crippen molar-refractivity contribution >= 4 is 64.9 Å². The summed E-state index contributed by atoms with van der Waals surface area (Å²) >= 11 is 2.64. The normalized spacial score (nSPS) is 14.4. The van der Waals surface area contributed by atoms with Gasteiger partial charge in [0.05, 0.1) is 54.1 Å². The van der Waals surface area contributed by atoms with Crippen molar-refractivity contribution in [2.45, 2.75) is 27.7 Å². The van der Waals surface area contributed by atoms with Crippen molar-refractivity contribution in [3.05, 3.63) is 130 Å².